The molecule has 2 bridgehead atoms. The molecule has 1 amide bonds. The van der Waals surface area contributed by atoms with Crippen molar-refractivity contribution in [3.63, 3.8) is 0 Å². The van der Waals surface area contributed by atoms with Gasteiger partial charge in [0.1, 0.15) is 0 Å². The Morgan fingerprint density at radius 3 is 1.91 bits per heavy atom. The van der Waals surface area contributed by atoms with Crippen molar-refractivity contribution < 1.29 is 4.79 Å². The van der Waals surface area contributed by atoms with Crippen LogP contribution in [0, 0.1) is 5.41 Å². The molecule has 0 aliphatic carbocycles. The highest BCUT2D eigenvalue weighted by Crippen LogP contribution is 2.27. The maximum Gasteiger partial charge on any atom is 0.220 e. The molecule has 3 heterocycles. The second kappa shape index (κ2) is 13.8. The summed E-state index contributed by atoms with van der Waals surface area (Å²) < 4.78 is 0. The number of carbonyl (C=O) groups is 1. The monoisotopic (exact) mass is 465 g/mol. The average molecular weight is 466 g/mol. The van der Waals surface area contributed by atoms with Gasteiger partial charge < -0.3 is 37.6 Å². The third kappa shape index (κ3) is 10.8. The summed E-state index contributed by atoms with van der Waals surface area (Å²) in [7, 11) is 0. The minimum atomic E-state index is -0.301. The molecule has 3 aliphatic heterocycles. The molecule has 0 unspecified atom stereocenters. The zero-order valence-electron chi connectivity index (χ0n) is 21.5. The smallest absolute Gasteiger partial charge is 0.220 e. The van der Waals surface area contributed by atoms with Crippen molar-refractivity contribution in [2.45, 2.75) is 70.4 Å². The molecule has 0 spiro atoms. The Balaban J connectivity index is 2.03. The molecule has 0 aromatic rings. The predicted molar refractivity (Wildman–Crippen MR) is 138 cm³/mol. The number of allylic oxidation sites excluding steroid dienone is 1. The second-order valence-electron chi connectivity index (χ2n) is 11.2. The highest BCUT2D eigenvalue weighted by atomic mass is 16.1. The van der Waals surface area contributed by atoms with E-state index in [-0.39, 0.29) is 22.4 Å². The Labute approximate surface area is 202 Å². The van der Waals surface area contributed by atoms with Crippen LogP contribution in [0.4, 0.5) is 0 Å². The van der Waals surface area contributed by atoms with Gasteiger partial charge in [-0.25, -0.2) is 0 Å². The molecule has 3 fully saturated rings. The van der Waals surface area contributed by atoms with Crippen LogP contribution in [0.5, 0.6) is 0 Å². The Hall–Kier alpha value is -1.03. The van der Waals surface area contributed by atoms with E-state index < -0.39 is 0 Å². The summed E-state index contributed by atoms with van der Waals surface area (Å²) in [5, 5.41) is 21.2. The average Bonchev–Trinajstić information content (AvgIpc) is 2.74. The van der Waals surface area contributed by atoms with Gasteiger partial charge in [-0.1, -0.05) is 32.9 Å². The number of fused-ring (bicyclic) bond motifs is 15. The zero-order chi connectivity index (χ0) is 24.2. The summed E-state index contributed by atoms with van der Waals surface area (Å²) in [6.07, 6.45) is 5.36. The van der Waals surface area contributed by atoms with Gasteiger partial charge in [-0.15, -0.1) is 0 Å². The van der Waals surface area contributed by atoms with Gasteiger partial charge in [0.05, 0.1) is 11.1 Å². The Kier molecular flexibility index (Phi) is 11.8. The molecular formula is C25H51N7O. The van der Waals surface area contributed by atoms with Crippen LogP contribution in [0.15, 0.2) is 12.2 Å². The highest BCUT2D eigenvalue weighted by molar-refractivity contribution is 5.76. The first-order chi connectivity index (χ1) is 15.6. The maximum absolute atomic E-state index is 13.0. The first-order valence-electron chi connectivity index (χ1n) is 13.0. The van der Waals surface area contributed by atoms with Gasteiger partial charge in [0.2, 0.25) is 5.91 Å². The van der Waals surface area contributed by atoms with Crippen molar-refractivity contribution in [2.75, 3.05) is 65.4 Å². The van der Waals surface area contributed by atoms with Crippen molar-refractivity contribution in [2.24, 2.45) is 11.1 Å². The van der Waals surface area contributed by atoms with Gasteiger partial charge in [-0.05, 0) is 44.1 Å². The number of amides is 1. The molecule has 0 radical (unpaired) electrons. The number of nitrogens with one attached hydrogen (secondary N) is 6. The lowest BCUT2D eigenvalue weighted by Gasteiger charge is -2.37. The molecule has 0 atom stereocenters. The molecule has 8 heteroatoms. The number of hydrogen-bond acceptors (Lipinski definition) is 7. The fraction of sp³-hybridized carbons (Fsp3) is 0.880. The normalized spacial score (nSPS) is 29.1. The molecule has 3 aliphatic rings. The highest BCUT2D eigenvalue weighted by Gasteiger charge is 2.32. The first kappa shape index (κ1) is 28.2. The van der Waals surface area contributed by atoms with Crippen molar-refractivity contribution in [3.05, 3.63) is 12.2 Å². The largest absolute Gasteiger partial charge is 0.348 e. The van der Waals surface area contributed by atoms with Crippen LogP contribution >= 0.6 is 0 Å². The Morgan fingerprint density at radius 1 is 0.848 bits per heavy atom. The van der Waals surface area contributed by atoms with Crippen molar-refractivity contribution in [3.8, 4) is 0 Å². The Morgan fingerprint density at radius 2 is 1.36 bits per heavy atom. The van der Waals surface area contributed by atoms with Gasteiger partial charge in [0.15, 0.2) is 0 Å². The maximum atomic E-state index is 13.0. The first-order valence-corrected chi connectivity index (χ1v) is 13.0. The van der Waals surface area contributed by atoms with Gasteiger partial charge >= 0.3 is 0 Å². The molecule has 8 nitrogen and oxygen atoms in total. The van der Waals surface area contributed by atoms with Gasteiger partial charge in [-0.2, -0.15) is 0 Å². The fourth-order valence-corrected chi connectivity index (χ4v) is 4.51. The topological polar surface area (TPSA) is 115 Å². The van der Waals surface area contributed by atoms with Crippen LogP contribution in [0.1, 0.15) is 59.3 Å². The van der Waals surface area contributed by atoms with E-state index in [0.717, 1.165) is 97.6 Å². The standard InChI is InChI=1S/C25H51N7O/c1-21(23(2,3)4)8-7-9-22(33)32-25-10-5-6-11-27-16-24(26,17-28-12-14-30-19-25)18-29-13-15-31-20-25/h27-31H,1,5-20,26H2,2-4H3,(H,32,33)/t24-,25+. The molecule has 33 heavy (non-hydrogen) atoms. The third-order valence-corrected chi connectivity index (χ3v) is 6.92. The minimum Gasteiger partial charge on any atom is -0.348 e. The van der Waals surface area contributed by atoms with Crippen LogP contribution in [0.3, 0.4) is 0 Å². The quantitative estimate of drug-likeness (QED) is 0.295. The van der Waals surface area contributed by atoms with E-state index in [9.17, 15) is 4.79 Å². The third-order valence-electron chi connectivity index (χ3n) is 6.92. The van der Waals surface area contributed by atoms with Gasteiger partial charge in [0.25, 0.3) is 0 Å². The molecular weight excluding hydrogens is 414 g/mol. The van der Waals surface area contributed by atoms with Crippen LogP contribution in [-0.2, 0) is 4.79 Å². The van der Waals surface area contributed by atoms with E-state index >= 15 is 0 Å². The summed E-state index contributed by atoms with van der Waals surface area (Å²) in [6.45, 7) is 18.9. The molecule has 0 aromatic heterocycles. The van der Waals surface area contributed by atoms with E-state index in [0.29, 0.717) is 6.42 Å². The van der Waals surface area contributed by atoms with E-state index in [4.69, 9.17) is 5.73 Å². The van der Waals surface area contributed by atoms with E-state index in [1.807, 2.05) is 0 Å². The molecule has 3 saturated heterocycles. The lowest BCUT2D eigenvalue weighted by molar-refractivity contribution is -0.123. The van der Waals surface area contributed by atoms with Crippen molar-refractivity contribution in [1.29, 1.82) is 0 Å². The number of nitrogens with two attached hydrogens (primary N) is 1. The molecule has 8 N–H and O–H groups in total. The van der Waals surface area contributed by atoms with E-state index in [1.54, 1.807) is 0 Å². The van der Waals surface area contributed by atoms with Crippen LogP contribution in [0.2, 0.25) is 0 Å². The molecule has 192 valence electrons. The minimum absolute atomic E-state index is 0.0961. The summed E-state index contributed by atoms with van der Waals surface area (Å²) in [4.78, 5) is 13.0. The van der Waals surface area contributed by atoms with E-state index in [2.05, 4.69) is 59.3 Å². The zero-order valence-corrected chi connectivity index (χ0v) is 21.5. The summed E-state index contributed by atoms with van der Waals surface area (Å²) in [6, 6.07) is 0. The molecule has 0 saturated carbocycles. The second-order valence-corrected chi connectivity index (χ2v) is 11.2. The van der Waals surface area contributed by atoms with Crippen molar-refractivity contribution in [1.82, 2.24) is 31.9 Å². The summed E-state index contributed by atoms with van der Waals surface area (Å²) >= 11 is 0. The van der Waals surface area contributed by atoms with Crippen LogP contribution in [0.25, 0.3) is 0 Å². The van der Waals surface area contributed by atoms with Gasteiger partial charge in [0, 0.05) is 65.3 Å². The van der Waals surface area contributed by atoms with Gasteiger partial charge in [-0.3, -0.25) is 4.79 Å². The SMILES string of the molecule is C=C(CCCC(=O)N[C@]12CCCCNC[C@](N)(CNCCNC1)CNCCNC2)C(C)(C)C. The Bertz CT molecular complexity index is 559. The number of hydrogen-bond donors (Lipinski definition) is 7. The predicted octanol–water partition coefficient (Wildman–Crippen LogP) is 0.457. The van der Waals surface area contributed by atoms with Crippen molar-refractivity contribution >= 4 is 5.91 Å². The number of rotatable bonds is 5. The van der Waals surface area contributed by atoms with Crippen LogP contribution < -0.4 is 37.6 Å². The molecule has 3 rings (SSSR count). The lowest BCUT2D eigenvalue weighted by atomic mass is 9.84. The molecule has 0 aromatic carbocycles. The fourth-order valence-electron chi connectivity index (χ4n) is 4.51. The number of carbonyl (C=O) groups excluding carboxylic acids is 1. The summed E-state index contributed by atoms with van der Waals surface area (Å²) in [5.41, 5.74) is 7.39. The summed E-state index contributed by atoms with van der Waals surface area (Å²) in [5.74, 6) is 0.143. The van der Waals surface area contributed by atoms with Crippen LogP contribution in [-0.4, -0.2) is 82.4 Å². The van der Waals surface area contributed by atoms with E-state index in [1.165, 1.54) is 5.57 Å². The lowest BCUT2D eigenvalue weighted by Crippen LogP contribution is -2.63.